The highest BCUT2D eigenvalue weighted by Gasteiger charge is 2.21. The molecular formula is C21H22N10. The first-order valence-electron chi connectivity index (χ1n) is 10.2. The number of piperidine rings is 1. The van der Waals surface area contributed by atoms with Crippen molar-refractivity contribution >= 4 is 17.5 Å². The molecule has 0 saturated carbocycles. The van der Waals surface area contributed by atoms with Crippen LogP contribution in [0.5, 0.6) is 0 Å². The van der Waals surface area contributed by atoms with E-state index in [1.54, 1.807) is 10.7 Å². The van der Waals surface area contributed by atoms with Crippen molar-refractivity contribution in [2.45, 2.75) is 25.4 Å². The van der Waals surface area contributed by atoms with Crippen LogP contribution < -0.4 is 16.0 Å². The number of hydrogen-bond acceptors (Lipinski definition) is 8. The van der Waals surface area contributed by atoms with E-state index in [1.807, 2.05) is 41.2 Å². The van der Waals surface area contributed by atoms with Crippen LogP contribution in [0.3, 0.4) is 0 Å². The lowest BCUT2D eigenvalue weighted by Gasteiger charge is -2.30. The number of aromatic nitrogens is 6. The second kappa shape index (κ2) is 8.04. The van der Waals surface area contributed by atoms with Gasteiger partial charge in [0.2, 0.25) is 11.9 Å². The highest BCUT2D eigenvalue weighted by molar-refractivity contribution is 5.60. The molecule has 1 aliphatic rings. The molecule has 1 fully saturated rings. The summed E-state index contributed by atoms with van der Waals surface area (Å²) >= 11 is 0. The van der Waals surface area contributed by atoms with E-state index in [0.29, 0.717) is 29.7 Å². The fourth-order valence-electron chi connectivity index (χ4n) is 3.77. The van der Waals surface area contributed by atoms with Gasteiger partial charge in [-0.15, -0.1) is 0 Å². The van der Waals surface area contributed by atoms with Crippen molar-refractivity contribution in [3.05, 3.63) is 60.0 Å². The van der Waals surface area contributed by atoms with Crippen LogP contribution >= 0.6 is 0 Å². The van der Waals surface area contributed by atoms with Gasteiger partial charge in [-0.1, -0.05) is 18.2 Å². The Balaban J connectivity index is 1.49. The first-order valence-corrected chi connectivity index (χ1v) is 10.2. The Kier molecular flexibility index (Phi) is 4.93. The summed E-state index contributed by atoms with van der Waals surface area (Å²) < 4.78 is 3.41. The first kappa shape index (κ1) is 19.0. The van der Waals surface area contributed by atoms with Crippen LogP contribution in [-0.2, 0) is 6.54 Å². The first-order chi connectivity index (χ1) is 15.2. The fourth-order valence-corrected chi connectivity index (χ4v) is 3.77. The number of anilines is 2. The van der Waals surface area contributed by atoms with Crippen molar-refractivity contribution in [3.8, 4) is 11.8 Å². The second-order valence-corrected chi connectivity index (χ2v) is 7.51. The average molecular weight is 414 g/mol. The predicted octanol–water partition coefficient (Wildman–Crippen LogP) is 1.72. The Morgan fingerprint density at radius 1 is 1.13 bits per heavy atom. The molecule has 0 unspecified atom stereocenters. The van der Waals surface area contributed by atoms with Crippen molar-refractivity contribution in [3.63, 3.8) is 0 Å². The lowest BCUT2D eigenvalue weighted by molar-refractivity contribution is 0.495. The van der Waals surface area contributed by atoms with Gasteiger partial charge in [0.15, 0.2) is 5.65 Å². The number of nitrogens with one attached hydrogen (secondary N) is 1. The lowest BCUT2D eigenvalue weighted by atomic mass is 10.1. The third-order valence-corrected chi connectivity index (χ3v) is 5.48. The number of hydrogen-bond donors (Lipinski definition) is 2. The van der Waals surface area contributed by atoms with Crippen molar-refractivity contribution in [2.24, 2.45) is 5.73 Å². The van der Waals surface area contributed by atoms with Crippen molar-refractivity contribution in [1.82, 2.24) is 29.4 Å². The minimum absolute atomic E-state index is 0.209. The van der Waals surface area contributed by atoms with Crippen LogP contribution in [0.2, 0.25) is 0 Å². The third kappa shape index (κ3) is 3.67. The summed E-state index contributed by atoms with van der Waals surface area (Å²) in [6.07, 6.45) is 6.95. The topological polar surface area (TPSA) is 126 Å². The molecular weight excluding hydrogens is 392 g/mol. The summed E-state index contributed by atoms with van der Waals surface area (Å²) in [5, 5.41) is 21.5. The molecule has 1 aromatic carbocycles. The Bertz CT molecular complexity index is 1230. The maximum Gasteiger partial charge on any atom is 0.230 e. The Hall–Kier alpha value is -3.97. The van der Waals surface area contributed by atoms with Crippen LogP contribution in [0.25, 0.3) is 11.3 Å². The maximum atomic E-state index is 9.48. The minimum atomic E-state index is 0.209. The van der Waals surface area contributed by atoms with Gasteiger partial charge in [0.05, 0.1) is 11.9 Å². The van der Waals surface area contributed by atoms with Crippen LogP contribution in [0.15, 0.2) is 48.9 Å². The van der Waals surface area contributed by atoms with Crippen molar-refractivity contribution < 1.29 is 0 Å². The van der Waals surface area contributed by atoms with E-state index >= 15 is 0 Å². The van der Waals surface area contributed by atoms with E-state index in [0.717, 1.165) is 37.2 Å². The van der Waals surface area contributed by atoms with E-state index in [1.165, 1.54) is 6.20 Å². The SMILES string of the molecule is N#Cc1cnn2c(NCc3ccccc3-n3cccn3)nc(N3CCC(N)CC3)nc12. The van der Waals surface area contributed by atoms with E-state index in [2.05, 4.69) is 31.5 Å². The van der Waals surface area contributed by atoms with Gasteiger partial charge < -0.3 is 16.0 Å². The molecule has 31 heavy (non-hydrogen) atoms. The summed E-state index contributed by atoms with van der Waals surface area (Å²) in [6, 6.07) is 12.3. The molecule has 4 aromatic rings. The number of nitriles is 1. The molecule has 5 rings (SSSR count). The molecule has 10 nitrogen and oxygen atoms in total. The van der Waals surface area contributed by atoms with E-state index in [4.69, 9.17) is 10.7 Å². The molecule has 1 aliphatic heterocycles. The molecule has 0 aliphatic carbocycles. The van der Waals surface area contributed by atoms with Crippen molar-refractivity contribution in [1.29, 1.82) is 5.26 Å². The molecule has 156 valence electrons. The minimum Gasteiger partial charge on any atom is -0.350 e. The van der Waals surface area contributed by atoms with Crippen LogP contribution in [0, 0.1) is 11.3 Å². The van der Waals surface area contributed by atoms with Crippen molar-refractivity contribution in [2.75, 3.05) is 23.3 Å². The van der Waals surface area contributed by atoms with Crippen LogP contribution in [-0.4, -0.2) is 48.5 Å². The second-order valence-electron chi connectivity index (χ2n) is 7.51. The zero-order valence-corrected chi connectivity index (χ0v) is 16.9. The summed E-state index contributed by atoms with van der Waals surface area (Å²) in [7, 11) is 0. The smallest absolute Gasteiger partial charge is 0.230 e. The molecule has 1 saturated heterocycles. The lowest BCUT2D eigenvalue weighted by Crippen LogP contribution is -2.40. The van der Waals surface area contributed by atoms with Gasteiger partial charge in [-0.3, -0.25) is 0 Å². The molecule has 0 amide bonds. The number of nitrogens with zero attached hydrogens (tertiary/aromatic N) is 8. The summed E-state index contributed by atoms with van der Waals surface area (Å²) in [4.78, 5) is 11.5. The van der Waals surface area contributed by atoms with Gasteiger partial charge in [-0.25, -0.2) is 4.68 Å². The number of rotatable bonds is 5. The fraction of sp³-hybridized carbons (Fsp3) is 0.286. The standard InChI is InChI=1S/C21H22N10/c22-12-16-14-26-31-19(16)27-21(29-10-6-17(23)7-11-29)28-20(31)24-13-15-4-1-2-5-18(15)30-9-3-8-25-30/h1-5,8-9,14,17H,6-7,10-11,13,23H2,(H,24,27,28). The quantitative estimate of drug-likeness (QED) is 0.506. The highest BCUT2D eigenvalue weighted by Crippen LogP contribution is 2.22. The molecule has 3 aromatic heterocycles. The van der Waals surface area contributed by atoms with Gasteiger partial charge in [0.1, 0.15) is 11.6 Å². The molecule has 0 atom stereocenters. The van der Waals surface area contributed by atoms with Gasteiger partial charge in [-0.05, 0) is 30.5 Å². The largest absolute Gasteiger partial charge is 0.350 e. The van der Waals surface area contributed by atoms with Gasteiger partial charge in [0, 0.05) is 38.1 Å². The number of nitrogens with two attached hydrogens (primary N) is 1. The third-order valence-electron chi connectivity index (χ3n) is 5.48. The zero-order valence-electron chi connectivity index (χ0n) is 16.9. The molecule has 0 bridgehead atoms. The number of fused-ring (bicyclic) bond motifs is 1. The van der Waals surface area contributed by atoms with E-state index < -0.39 is 0 Å². The predicted molar refractivity (Wildman–Crippen MR) is 116 cm³/mol. The van der Waals surface area contributed by atoms with Gasteiger partial charge in [-0.2, -0.15) is 29.9 Å². The summed E-state index contributed by atoms with van der Waals surface area (Å²) in [5.41, 5.74) is 8.98. The summed E-state index contributed by atoms with van der Waals surface area (Å²) in [6.45, 7) is 2.08. The Morgan fingerprint density at radius 2 is 1.97 bits per heavy atom. The maximum absolute atomic E-state index is 9.48. The molecule has 4 heterocycles. The zero-order chi connectivity index (χ0) is 21.2. The van der Waals surface area contributed by atoms with Gasteiger partial charge >= 0.3 is 0 Å². The van der Waals surface area contributed by atoms with E-state index in [-0.39, 0.29) is 6.04 Å². The molecule has 0 spiro atoms. The van der Waals surface area contributed by atoms with Crippen LogP contribution in [0.4, 0.5) is 11.9 Å². The van der Waals surface area contributed by atoms with E-state index in [9.17, 15) is 5.26 Å². The molecule has 10 heteroatoms. The molecule has 3 N–H and O–H groups in total. The Morgan fingerprint density at radius 3 is 2.74 bits per heavy atom. The average Bonchev–Trinajstić information content (AvgIpc) is 3.48. The Labute approximate surface area is 178 Å². The van der Waals surface area contributed by atoms with Gasteiger partial charge in [0.25, 0.3) is 0 Å². The number of para-hydroxylation sites is 1. The summed E-state index contributed by atoms with van der Waals surface area (Å²) in [5.74, 6) is 1.12. The highest BCUT2D eigenvalue weighted by atomic mass is 15.4. The van der Waals surface area contributed by atoms with Crippen LogP contribution in [0.1, 0.15) is 24.0 Å². The normalized spacial score (nSPS) is 14.6. The number of benzene rings is 1. The monoisotopic (exact) mass is 414 g/mol. The molecule has 0 radical (unpaired) electrons.